The number of carbonyl (C=O) groups excluding carboxylic acids is 2. The van der Waals surface area contributed by atoms with Gasteiger partial charge in [0.25, 0.3) is 5.91 Å². The topological polar surface area (TPSA) is 107 Å². The van der Waals surface area contributed by atoms with Gasteiger partial charge in [0.2, 0.25) is 11.9 Å². The van der Waals surface area contributed by atoms with E-state index in [2.05, 4.69) is 54.7 Å². The van der Waals surface area contributed by atoms with E-state index in [-0.39, 0.29) is 18.2 Å². The highest BCUT2D eigenvalue weighted by atomic mass is 32.1. The molecule has 0 atom stereocenters. The summed E-state index contributed by atoms with van der Waals surface area (Å²) in [5, 5.41) is 3.33. The number of nitrogens with zero attached hydrogens (tertiary/aromatic N) is 6. The average Bonchev–Trinajstić information content (AvgIpc) is 3.06. The summed E-state index contributed by atoms with van der Waals surface area (Å²) in [5.41, 5.74) is 5.87. The second-order valence-corrected chi connectivity index (χ2v) is 11.2. The molecule has 5 rings (SSSR count). The van der Waals surface area contributed by atoms with Gasteiger partial charge in [-0.05, 0) is 74.0 Å². The smallest absolute Gasteiger partial charge is 0.258 e. The molecule has 11 heteroatoms. The standard InChI is InChI=1S/C33H38N8O2S/c1-24-7-12-28(21-30(24)37-33-35-15-13-29(36-33)27-5-3-14-34-22-27)41(16-4-6-31(42)38-44)32(43)26-10-8-25(9-11-26)23-40-19-17-39(2)18-20-40/h3,5,7-15,21-22,44H,4,6,16-20,23H2,1-2H3,(H,38,42)(H,35,36,37). The molecule has 0 spiro atoms. The largest absolute Gasteiger partial charge is 0.324 e. The first-order chi connectivity index (χ1) is 21.4. The first-order valence-corrected chi connectivity index (χ1v) is 15.2. The molecule has 3 heterocycles. The third kappa shape index (κ3) is 8.19. The number of benzene rings is 2. The zero-order chi connectivity index (χ0) is 30.9. The molecule has 44 heavy (non-hydrogen) atoms. The zero-order valence-corrected chi connectivity index (χ0v) is 26.0. The van der Waals surface area contributed by atoms with E-state index in [1.807, 2.05) is 67.6 Å². The van der Waals surface area contributed by atoms with Gasteiger partial charge in [-0.1, -0.05) is 31.0 Å². The molecule has 2 amide bonds. The summed E-state index contributed by atoms with van der Waals surface area (Å²) in [6, 6.07) is 19.3. The predicted molar refractivity (Wildman–Crippen MR) is 177 cm³/mol. The van der Waals surface area contributed by atoms with Gasteiger partial charge in [-0.2, -0.15) is 0 Å². The summed E-state index contributed by atoms with van der Waals surface area (Å²) in [6.07, 6.45) is 5.91. The minimum Gasteiger partial charge on any atom is -0.324 e. The fraction of sp³-hybridized carbons (Fsp3) is 0.303. The molecule has 4 aromatic rings. The minimum atomic E-state index is -0.189. The average molecular weight is 611 g/mol. The fourth-order valence-corrected chi connectivity index (χ4v) is 5.21. The van der Waals surface area contributed by atoms with E-state index in [0.29, 0.717) is 30.2 Å². The number of hydrogen-bond acceptors (Lipinski definition) is 9. The Hall–Kier alpha value is -4.32. The predicted octanol–water partition coefficient (Wildman–Crippen LogP) is 4.73. The summed E-state index contributed by atoms with van der Waals surface area (Å²) >= 11 is 3.86. The Labute approximate surface area is 264 Å². The summed E-state index contributed by atoms with van der Waals surface area (Å²) in [5.74, 6) is 0.115. The molecule has 2 aromatic heterocycles. The maximum atomic E-state index is 13.9. The summed E-state index contributed by atoms with van der Waals surface area (Å²) in [7, 11) is 2.15. The molecule has 1 aliphatic heterocycles. The van der Waals surface area contributed by atoms with Gasteiger partial charge < -0.3 is 19.8 Å². The van der Waals surface area contributed by atoms with E-state index in [9.17, 15) is 9.59 Å². The van der Waals surface area contributed by atoms with Crippen molar-refractivity contribution in [3.05, 3.63) is 95.9 Å². The molecule has 0 bridgehead atoms. The normalized spacial score (nSPS) is 13.8. The lowest BCUT2D eigenvalue weighted by Crippen LogP contribution is -2.43. The molecule has 0 radical (unpaired) electrons. The van der Waals surface area contributed by atoms with Crippen molar-refractivity contribution in [3.63, 3.8) is 0 Å². The number of amides is 2. The molecule has 1 aliphatic rings. The van der Waals surface area contributed by atoms with Crippen molar-refractivity contribution >= 4 is 42.0 Å². The van der Waals surface area contributed by atoms with Gasteiger partial charge in [0.15, 0.2) is 0 Å². The third-order valence-corrected chi connectivity index (χ3v) is 8.00. The van der Waals surface area contributed by atoms with Crippen molar-refractivity contribution in [1.82, 2.24) is 29.5 Å². The van der Waals surface area contributed by atoms with Crippen LogP contribution >= 0.6 is 12.8 Å². The lowest BCUT2D eigenvalue weighted by atomic mass is 10.1. The summed E-state index contributed by atoms with van der Waals surface area (Å²) < 4.78 is 2.36. The maximum Gasteiger partial charge on any atom is 0.258 e. The Morgan fingerprint density at radius 1 is 1.00 bits per heavy atom. The van der Waals surface area contributed by atoms with Crippen molar-refractivity contribution in [2.24, 2.45) is 0 Å². The maximum absolute atomic E-state index is 13.9. The van der Waals surface area contributed by atoms with Gasteiger partial charge in [0.1, 0.15) is 0 Å². The quantitative estimate of drug-likeness (QED) is 0.210. The number of anilines is 3. The molecule has 0 unspecified atom stereocenters. The second kappa shape index (κ2) is 14.9. The summed E-state index contributed by atoms with van der Waals surface area (Å²) in [4.78, 5) is 45.6. The van der Waals surface area contributed by atoms with Crippen LogP contribution in [0.3, 0.4) is 0 Å². The van der Waals surface area contributed by atoms with Crippen molar-refractivity contribution < 1.29 is 9.59 Å². The number of hydrogen-bond donors (Lipinski definition) is 3. The van der Waals surface area contributed by atoms with Crippen molar-refractivity contribution in [2.45, 2.75) is 26.3 Å². The highest BCUT2D eigenvalue weighted by Crippen LogP contribution is 2.28. The molecule has 1 fully saturated rings. The third-order valence-electron chi connectivity index (χ3n) is 7.75. The number of likely N-dealkylation sites (N-methyl/N-ethyl adjacent to an activating group) is 1. The fourth-order valence-electron chi connectivity index (χ4n) is 5.10. The van der Waals surface area contributed by atoms with E-state index < -0.39 is 0 Å². The molecule has 0 saturated carbocycles. The van der Waals surface area contributed by atoms with Crippen LogP contribution in [-0.2, 0) is 11.3 Å². The van der Waals surface area contributed by atoms with E-state index in [1.165, 1.54) is 5.56 Å². The Balaban J connectivity index is 1.36. The zero-order valence-electron chi connectivity index (χ0n) is 25.1. The van der Waals surface area contributed by atoms with Crippen molar-refractivity contribution in [3.8, 4) is 11.3 Å². The molecular weight excluding hydrogens is 572 g/mol. The lowest BCUT2D eigenvalue weighted by Gasteiger charge is -2.32. The number of aromatic nitrogens is 3. The van der Waals surface area contributed by atoms with Crippen LogP contribution in [0.2, 0.25) is 0 Å². The Kier molecular flexibility index (Phi) is 10.5. The van der Waals surface area contributed by atoms with Crippen LogP contribution in [0.4, 0.5) is 17.3 Å². The molecule has 228 valence electrons. The van der Waals surface area contributed by atoms with E-state index in [4.69, 9.17) is 0 Å². The number of nitrogens with one attached hydrogen (secondary N) is 2. The Bertz CT molecular complexity index is 1560. The Morgan fingerprint density at radius 2 is 1.80 bits per heavy atom. The van der Waals surface area contributed by atoms with Gasteiger partial charge in [0.05, 0.1) is 5.69 Å². The number of rotatable bonds is 11. The monoisotopic (exact) mass is 610 g/mol. The SMILES string of the molecule is Cc1ccc(N(CCCC(=O)NS)C(=O)c2ccc(CN3CCN(C)CC3)cc2)cc1Nc1nccc(-c2cccnc2)n1. The first kappa shape index (κ1) is 31.1. The minimum absolute atomic E-state index is 0.132. The van der Waals surface area contributed by atoms with Crippen LogP contribution in [-0.4, -0.2) is 76.3 Å². The molecule has 0 aliphatic carbocycles. The summed E-state index contributed by atoms with van der Waals surface area (Å²) in [6.45, 7) is 7.40. The first-order valence-electron chi connectivity index (χ1n) is 14.8. The van der Waals surface area contributed by atoms with Crippen LogP contribution < -0.4 is 14.9 Å². The number of aryl methyl sites for hydroxylation is 1. The van der Waals surface area contributed by atoms with Gasteiger partial charge in [-0.25, -0.2) is 9.97 Å². The van der Waals surface area contributed by atoms with E-state index >= 15 is 0 Å². The highest BCUT2D eigenvalue weighted by molar-refractivity contribution is 7.78. The van der Waals surface area contributed by atoms with Crippen LogP contribution in [0.15, 0.2) is 79.3 Å². The number of piperazine rings is 1. The molecule has 1 saturated heterocycles. The molecule has 2 N–H and O–H groups in total. The Morgan fingerprint density at radius 3 is 2.52 bits per heavy atom. The van der Waals surface area contributed by atoms with Gasteiger partial charge in [-0.15, -0.1) is 0 Å². The van der Waals surface area contributed by atoms with Crippen LogP contribution in [0, 0.1) is 6.92 Å². The second-order valence-electron chi connectivity index (χ2n) is 11.0. The van der Waals surface area contributed by atoms with E-state index in [1.54, 1.807) is 23.5 Å². The van der Waals surface area contributed by atoms with Crippen LogP contribution in [0.5, 0.6) is 0 Å². The van der Waals surface area contributed by atoms with Gasteiger partial charge in [0, 0.05) is 86.8 Å². The lowest BCUT2D eigenvalue weighted by molar-refractivity contribution is -0.119. The highest BCUT2D eigenvalue weighted by Gasteiger charge is 2.20. The van der Waals surface area contributed by atoms with Crippen molar-refractivity contribution in [2.75, 3.05) is 50.0 Å². The molecule has 10 nitrogen and oxygen atoms in total. The van der Waals surface area contributed by atoms with Gasteiger partial charge in [-0.3, -0.25) is 19.5 Å². The number of carbonyl (C=O) groups is 2. The van der Waals surface area contributed by atoms with E-state index in [0.717, 1.165) is 55.2 Å². The van der Waals surface area contributed by atoms with Gasteiger partial charge >= 0.3 is 0 Å². The van der Waals surface area contributed by atoms with Crippen LogP contribution in [0.1, 0.15) is 34.3 Å². The number of thiol groups is 1. The molecular formula is C33H38N8O2S. The van der Waals surface area contributed by atoms with Crippen molar-refractivity contribution in [1.29, 1.82) is 0 Å². The van der Waals surface area contributed by atoms with Crippen LogP contribution in [0.25, 0.3) is 11.3 Å². The molecule has 2 aromatic carbocycles. The number of pyridine rings is 1.